The number of anilines is 10. The molecule has 0 saturated carbocycles. The molecule has 0 spiro atoms. The predicted octanol–water partition coefficient (Wildman–Crippen LogP) is 17.1. The second kappa shape index (κ2) is 44.0. The van der Waals surface area contributed by atoms with Gasteiger partial charge in [-0.1, -0.05) is 80.2 Å². The molecule has 23 rings (SSSR count). The summed E-state index contributed by atoms with van der Waals surface area (Å²) in [4.78, 5) is 96.0. The highest BCUT2D eigenvalue weighted by molar-refractivity contribution is 5.91. The lowest BCUT2D eigenvalue weighted by atomic mass is 9.93. The summed E-state index contributed by atoms with van der Waals surface area (Å²) >= 11 is 0. The Hall–Kier alpha value is -15.6. The van der Waals surface area contributed by atoms with Crippen molar-refractivity contribution >= 4 is 88.0 Å². The molecule has 0 bridgehead atoms. The van der Waals surface area contributed by atoms with Gasteiger partial charge in [-0.15, -0.1) is 25.5 Å². The van der Waals surface area contributed by atoms with Gasteiger partial charge in [0.15, 0.2) is 0 Å². The van der Waals surface area contributed by atoms with Crippen molar-refractivity contribution in [3.63, 3.8) is 0 Å². The third kappa shape index (κ3) is 21.9. The second-order valence-corrected chi connectivity index (χ2v) is 36.1. The molecule has 9 aliphatic rings. The molecule has 10 N–H and O–H groups in total. The summed E-state index contributed by atoms with van der Waals surface area (Å²) in [6, 6.07) is 34.8. The average Bonchev–Trinajstić information content (AvgIpc) is 1.63. The number of rotatable bonds is 25. The van der Waals surface area contributed by atoms with Crippen LogP contribution in [0.4, 0.5) is 58.2 Å². The number of methoxy groups -OCH3 is 3. The van der Waals surface area contributed by atoms with E-state index in [1.54, 1.807) is 44.9 Å². The molecule has 0 amide bonds. The van der Waals surface area contributed by atoms with Crippen LogP contribution in [-0.2, 0) is 140 Å². The van der Waals surface area contributed by atoms with Crippen molar-refractivity contribution < 1.29 is 57.1 Å². The van der Waals surface area contributed by atoms with Crippen LogP contribution in [0, 0.1) is 6.92 Å². The molecule has 6 aromatic carbocycles. The Morgan fingerprint density at radius 3 is 1.18 bits per heavy atom. The molecule has 1 aliphatic heterocycles. The number of esters is 5. The molecule has 1 fully saturated rings. The van der Waals surface area contributed by atoms with E-state index in [1.807, 2.05) is 60.7 Å². The molecule has 36 heteroatoms. The number of fused-ring (bicyclic) bond motifs is 8. The fraction of sp³-hybridized carbons (Fsp3) is 0.371. The number of piperidine rings is 1. The van der Waals surface area contributed by atoms with Crippen LogP contribution in [0.25, 0.3) is 22.3 Å². The summed E-state index contributed by atoms with van der Waals surface area (Å²) in [5, 5.41) is 50.8. The van der Waals surface area contributed by atoms with Gasteiger partial charge in [0.05, 0.1) is 39.3 Å². The lowest BCUT2D eigenvalue weighted by molar-refractivity contribution is 0.0450. The molecular formula is C105H116N24O12. The van der Waals surface area contributed by atoms with Gasteiger partial charge >= 0.3 is 29.8 Å². The van der Waals surface area contributed by atoms with Gasteiger partial charge in [0.25, 0.3) is 0 Å². The number of hydrogen-bond acceptors (Lipinski definition) is 31. The van der Waals surface area contributed by atoms with Gasteiger partial charge in [-0.05, 0) is 317 Å². The lowest BCUT2D eigenvalue weighted by Crippen LogP contribution is -2.35. The van der Waals surface area contributed by atoms with E-state index < -0.39 is 29.8 Å². The Balaban J connectivity index is 0.000000117. The number of pyridine rings is 3. The number of nitrogens with one attached hydrogen (secondary N) is 10. The average molecular weight is 1910 g/mol. The number of nitrogens with zero attached hydrogens (tertiary/aromatic N) is 14. The van der Waals surface area contributed by atoms with Crippen LogP contribution in [0.2, 0.25) is 0 Å². The molecular weight excluding hydrogens is 1790 g/mol. The summed E-state index contributed by atoms with van der Waals surface area (Å²) in [6.07, 6.45) is 35.9. The number of hydrogen-bond donors (Lipinski definition) is 10. The van der Waals surface area contributed by atoms with Crippen LogP contribution in [0.15, 0.2) is 128 Å². The highest BCUT2D eigenvalue weighted by Crippen LogP contribution is 2.47. The van der Waals surface area contributed by atoms with Gasteiger partial charge in [-0.3, -0.25) is 30.5 Å². The summed E-state index contributed by atoms with van der Waals surface area (Å²) in [5.41, 5.74) is 34.5. The van der Waals surface area contributed by atoms with Crippen molar-refractivity contribution in [3.05, 3.63) is 263 Å². The number of aryl methyl sites for hydroxylation is 9. The van der Waals surface area contributed by atoms with Crippen molar-refractivity contribution in [1.29, 1.82) is 0 Å². The highest BCUT2D eigenvalue weighted by atomic mass is 16.5. The molecule has 0 unspecified atom stereocenters. The summed E-state index contributed by atoms with van der Waals surface area (Å²) in [6.45, 7) is 6.61. The summed E-state index contributed by atoms with van der Waals surface area (Å²) in [7, 11) is 6.36. The summed E-state index contributed by atoms with van der Waals surface area (Å²) in [5.74, 6) is 0.923. The Morgan fingerprint density at radius 1 is 0.383 bits per heavy atom. The SMILES string of the molecule is C.CCOC(=O)c1nc(Nc2c3c(cc4c2CCC4)CCC3)n[nH]1.COC(=O)c1nc(Nc2c(-c3ccnc(OC4CCN(C)CC4)c3)ccc3c2CCC3)n[nH]1.COC(=O)c1nc(Nc2c3c(cc(C)c2-c2ccnc(OC)c2)CCC3)n[nH]1.O=C(OCc1ccccc1)c1nc(Nc2c3c(cc4c2CCC4)CCC3)n[nH]1.O=C(OCc1cccnc1)c1nc(Nc2c3c(cc4c2CCC4)CCC3)n[nH]1. The Bertz CT molecular complexity index is 6640. The molecule has 36 nitrogen and oxygen atoms in total. The maximum atomic E-state index is 12.3. The zero-order valence-electron chi connectivity index (χ0n) is 79.3. The predicted molar refractivity (Wildman–Crippen MR) is 530 cm³/mol. The van der Waals surface area contributed by atoms with E-state index in [0.717, 1.165) is 203 Å². The minimum Gasteiger partial charge on any atom is -0.481 e. The van der Waals surface area contributed by atoms with Gasteiger partial charge in [-0.25, -0.2) is 33.9 Å². The van der Waals surface area contributed by atoms with Crippen molar-refractivity contribution in [3.8, 4) is 34.0 Å². The maximum absolute atomic E-state index is 12.3. The van der Waals surface area contributed by atoms with Gasteiger partial charge in [0.1, 0.15) is 19.3 Å². The quantitative estimate of drug-likeness (QED) is 0.0188. The van der Waals surface area contributed by atoms with Gasteiger partial charge in [0.2, 0.25) is 70.6 Å². The Morgan fingerprint density at radius 2 is 0.752 bits per heavy atom. The number of likely N-dealkylation sites (tertiary alicyclic amines) is 1. The molecule has 14 aromatic rings. The first kappa shape index (κ1) is 95.7. The van der Waals surface area contributed by atoms with Crippen LogP contribution in [0.5, 0.6) is 11.8 Å². The van der Waals surface area contributed by atoms with E-state index in [4.69, 9.17) is 33.2 Å². The molecule has 728 valence electrons. The molecule has 8 aliphatic carbocycles. The van der Waals surface area contributed by atoms with Crippen molar-refractivity contribution in [1.82, 2.24) is 95.8 Å². The Labute approximate surface area is 815 Å². The van der Waals surface area contributed by atoms with Crippen LogP contribution in [-0.4, -0.2) is 180 Å². The normalized spacial score (nSPS) is 14.6. The molecule has 1 saturated heterocycles. The van der Waals surface area contributed by atoms with Gasteiger partial charge < -0.3 is 64.6 Å². The van der Waals surface area contributed by atoms with Crippen molar-refractivity contribution in [2.45, 2.75) is 208 Å². The number of ether oxygens (including phenoxy) is 7. The molecule has 141 heavy (non-hydrogen) atoms. The summed E-state index contributed by atoms with van der Waals surface area (Å²) < 4.78 is 36.5. The maximum Gasteiger partial charge on any atom is 0.376 e. The van der Waals surface area contributed by atoms with E-state index in [1.165, 1.54) is 147 Å². The topological polar surface area (TPSA) is 460 Å². The van der Waals surface area contributed by atoms with Crippen LogP contribution < -0.4 is 36.1 Å². The van der Waals surface area contributed by atoms with E-state index >= 15 is 0 Å². The minimum atomic E-state index is -0.561. The Kier molecular flexibility index (Phi) is 29.9. The largest absolute Gasteiger partial charge is 0.481 e. The number of aromatic nitrogens is 18. The second-order valence-electron chi connectivity index (χ2n) is 36.1. The molecule has 8 aromatic heterocycles. The van der Waals surface area contributed by atoms with E-state index in [0.29, 0.717) is 48.1 Å². The van der Waals surface area contributed by atoms with E-state index in [9.17, 15) is 24.0 Å². The fourth-order valence-corrected chi connectivity index (χ4v) is 20.4. The fourth-order valence-electron chi connectivity index (χ4n) is 20.4. The van der Waals surface area contributed by atoms with Gasteiger partial charge in [-0.2, -0.15) is 24.9 Å². The van der Waals surface area contributed by atoms with E-state index in [-0.39, 0.29) is 55.9 Å². The lowest BCUT2D eigenvalue weighted by Gasteiger charge is -2.29. The third-order valence-electron chi connectivity index (χ3n) is 27.1. The molecule has 9 heterocycles. The monoisotopic (exact) mass is 1900 g/mol. The van der Waals surface area contributed by atoms with Crippen molar-refractivity contribution in [2.24, 2.45) is 0 Å². The van der Waals surface area contributed by atoms with Crippen LogP contribution in [0.1, 0.15) is 237 Å². The molecule has 0 radical (unpaired) electrons. The number of H-pyrrole nitrogens is 5. The van der Waals surface area contributed by atoms with Crippen LogP contribution in [0.3, 0.4) is 0 Å². The highest BCUT2D eigenvalue weighted by Gasteiger charge is 2.33. The first-order valence-corrected chi connectivity index (χ1v) is 48.2. The number of carbonyl (C=O) groups excluding carboxylic acids is 5. The van der Waals surface area contributed by atoms with Crippen LogP contribution >= 0.6 is 0 Å². The zero-order chi connectivity index (χ0) is 96.1. The first-order valence-electron chi connectivity index (χ1n) is 48.2. The number of aromatic amines is 5. The van der Waals surface area contributed by atoms with E-state index in [2.05, 4.69) is 173 Å². The minimum absolute atomic E-state index is 0. The van der Waals surface area contributed by atoms with Gasteiger partial charge in [0, 0.05) is 83.8 Å². The molecule has 0 atom stereocenters. The zero-order valence-corrected chi connectivity index (χ0v) is 79.3. The smallest absolute Gasteiger partial charge is 0.376 e. The number of benzene rings is 6. The standard InChI is InChI=1S/C24H28N6O3.C22H22N4O2.C21H21N5O2.C20H21N5O3.C17H20N4O2.CH4/c1-30-12-9-17(10-13-30)33-20-14-16(8-11-25-20)19-7-6-15-4-3-5-18(15)21(19)26-24-27-22(28-29-24)23(31)32-2;27-21(28-13-14-6-2-1-3-7-14)20-24-22(26-25-20)23-19-17-10-4-8-15(17)12-16-9-5-11-18(16)19;27-20(28-12-13-4-3-9-22-11-13)19-24-21(26-25-19)23-18-16-7-1-5-14(16)10-15-6-2-8-17(15)18;1-11-9-12-5-4-6-14(12)17(16(11)13-7-8-21-15(10-13)27-2)22-20-23-18(24-25-20)19(26)28-3;1-2-23-16(22)15-19-17(21-20-15)18-14-12-7-3-5-10(12)9-11-6-4-8-13(11)14;/h6-8,11,14,17H,3-5,9-10,12-13H2,1-2H3,(H2,26,27,28,29);1-3,6-7,12H,4-5,8-11,13H2,(H2,23,24,25,26);3-4,9-11H,1-2,5-8,12H2,(H2,23,24,25,26);7-10H,4-6H2,1-3H3,(H2,22,23,24,25);9H,2-8H2,1H3,(H2,18,19,20,21);1H4. The van der Waals surface area contributed by atoms with Crippen molar-refractivity contribution in [2.75, 3.05) is 74.7 Å². The first-order chi connectivity index (χ1) is 68.5. The third-order valence-corrected chi connectivity index (χ3v) is 27.1. The number of carbonyl (C=O) groups is 5.